The normalized spacial score (nSPS) is 18.6. The number of carbonyl (C=O) groups is 1. The summed E-state index contributed by atoms with van der Waals surface area (Å²) in [6.45, 7) is 6.62. The minimum absolute atomic E-state index is 0.130. The van der Waals surface area contributed by atoms with Gasteiger partial charge in [-0.15, -0.1) is 11.3 Å². The van der Waals surface area contributed by atoms with Crippen molar-refractivity contribution in [2.75, 3.05) is 13.2 Å². The molecule has 0 bridgehead atoms. The third-order valence-corrected chi connectivity index (χ3v) is 4.27. The molecule has 6 heteroatoms. The number of carbonyl (C=O) groups excluding carboxylic acids is 1. The smallest absolute Gasteiger partial charge is 0.354 e. The molecule has 124 valence electrons. The van der Waals surface area contributed by atoms with Crippen molar-refractivity contribution in [3.05, 3.63) is 40.1 Å². The third kappa shape index (κ3) is 4.45. The number of thiophene rings is 1. The number of hydrogen-bond acceptors (Lipinski definition) is 6. The molecular formula is C17H22N2O3S. The molecule has 1 aromatic heterocycles. The molecule has 0 aromatic carbocycles. The Hall–Kier alpha value is -2.08. The summed E-state index contributed by atoms with van der Waals surface area (Å²) in [5, 5.41) is 2.91. The minimum Gasteiger partial charge on any atom is -0.498 e. The molecule has 0 saturated carbocycles. The average Bonchev–Trinajstić information content (AvgIpc) is 2.92. The van der Waals surface area contributed by atoms with Gasteiger partial charge in [0.05, 0.1) is 24.7 Å². The number of rotatable bonds is 5. The zero-order chi connectivity index (χ0) is 16.8. The van der Waals surface area contributed by atoms with Gasteiger partial charge < -0.3 is 15.2 Å². The molecule has 0 spiro atoms. The van der Waals surface area contributed by atoms with Gasteiger partial charge in [0.2, 0.25) is 0 Å². The molecule has 1 aromatic rings. The number of nitrogens with zero attached hydrogens (tertiary/aromatic N) is 1. The van der Waals surface area contributed by atoms with E-state index in [9.17, 15) is 4.79 Å². The third-order valence-electron chi connectivity index (χ3n) is 3.33. The Balaban J connectivity index is 2.43. The van der Waals surface area contributed by atoms with Crippen molar-refractivity contribution >= 4 is 28.0 Å². The molecule has 0 fully saturated rings. The monoisotopic (exact) mass is 334 g/mol. The summed E-state index contributed by atoms with van der Waals surface area (Å²) >= 11 is 1.55. The van der Waals surface area contributed by atoms with Crippen molar-refractivity contribution in [2.45, 2.75) is 33.6 Å². The predicted molar refractivity (Wildman–Crippen MR) is 92.9 cm³/mol. The molecule has 5 nitrogen and oxygen atoms in total. The van der Waals surface area contributed by atoms with Crippen LogP contribution in [0.15, 0.2) is 39.5 Å². The van der Waals surface area contributed by atoms with E-state index in [0.717, 1.165) is 21.9 Å². The molecule has 0 amide bonds. The summed E-state index contributed by atoms with van der Waals surface area (Å²) in [7, 11) is 0. The Morgan fingerprint density at radius 2 is 2.13 bits per heavy atom. The second-order valence-electron chi connectivity index (χ2n) is 5.12. The maximum atomic E-state index is 11.9. The standard InChI is InChI=1S/C17H22N2O3S/c1-4-21-12-6-7-13(16(18)17(20)22-5-2)14(9-12)19-15-8-11(3)10-23-15/h8-10H,4-7,18H2,1-3H3/b16-13-,19-14+. The Morgan fingerprint density at radius 1 is 1.35 bits per heavy atom. The highest BCUT2D eigenvalue weighted by Crippen LogP contribution is 2.29. The number of nitrogens with two attached hydrogens (primary N) is 1. The summed E-state index contributed by atoms with van der Waals surface area (Å²) in [6, 6.07) is 2.00. The molecule has 0 saturated heterocycles. The van der Waals surface area contributed by atoms with E-state index in [1.807, 2.05) is 31.4 Å². The Labute approximate surface area is 140 Å². The van der Waals surface area contributed by atoms with E-state index in [-0.39, 0.29) is 5.70 Å². The summed E-state index contributed by atoms with van der Waals surface area (Å²) < 4.78 is 10.6. The first-order valence-corrected chi connectivity index (χ1v) is 8.56. The highest BCUT2D eigenvalue weighted by atomic mass is 32.1. The number of aliphatic imine (C=N–C) groups is 1. The van der Waals surface area contributed by atoms with Crippen LogP contribution in [0.2, 0.25) is 0 Å². The molecule has 2 N–H and O–H groups in total. The van der Waals surface area contributed by atoms with Crippen LogP contribution >= 0.6 is 11.3 Å². The van der Waals surface area contributed by atoms with Crippen LogP contribution in [-0.2, 0) is 14.3 Å². The van der Waals surface area contributed by atoms with Gasteiger partial charge in [-0.05, 0) is 44.2 Å². The molecule has 0 unspecified atom stereocenters. The Morgan fingerprint density at radius 3 is 2.74 bits per heavy atom. The fourth-order valence-corrected chi connectivity index (χ4v) is 3.06. The molecule has 0 aliphatic heterocycles. The predicted octanol–water partition coefficient (Wildman–Crippen LogP) is 3.62. The summed E-state index contributed by atoms with van der Waals surface area (Å²) in [5.74, 6) is 0.366. The summed E-state index contributed by atoms with van der Waals surface area (Å²) in [5.41, 5.74) is 8.68. The van der Waals surface area contributed by atoms with E-state index in [4.69, 9.17) is 15.2 Å². The van der Waals surface area contributed by atoms with Crippen molar-refractivity contribution in [1.82, 2.24) is 0 Å². The van der Waals surface area contributed by atoms with Crippen molar-refractivity contribution < 1.29 is 14.3 Å². The Kier molecular flexibility index (Phi) is 5.98. The maximum absolute atomic E-state index is 11.9. The second-order valence-corrected chi connectivity index (χ2v) is 6.01. The van der Waals surface area contributed by atoms with Crippen molar-refractivity contribution in [2.24, 2.45) is 10.7 Å². The van der Waals surface area contributed by atoms with E-state index in [0.29, 0.717) is 31.8 Å². The molecule has 1 heterocycles. The van der Waals surface area contributed by atoms with Gasteiger partial charge in [0, 0.05) is 18.1 Å². The van der Waals surface area contributed by atoms with Crippen LogP contribution in [0.3, 0.4) is 0 Å². The van der Waals surface area contributed by atoms with E-state index < -0.39 is 5.97 Å². The van der Waals surface area contributed by atoms with Crippen LogP contribution in [0.5, 0.6) is 0 Å². The largest absolute Gasteiger partial charge is 0.498 e. The van der Waals surface area contributed by atoms with Crippen LogP contribution in [0.1, 0.15) is 32.3 Å². The number of allylic oxidation sites excluding steroid dienone is 3. The molecule has 1 aliphatic rings. The van der Waals surface area contributed by atoms with E-state index in [2.05, 4.69) is 4.99 Å². The summed E-state index contributed by atoms with van der Waals surface area (Å²) in [6.07, 6.45) is 3.18. The topological polar surface area (TPSA) is 73.9 Å². The van der Waals surface area contributed by atoms with E-state index in [1.165, 1.54) is 0 Å². The van der Waals surface area contributed by atoms with Crippen LogP contribution in [-0.4, -0.2) is 24.9 Å². The fraction of sp³-hybridized carbons (Fsp3) is 0.412. The molecule has 0 radical (unpaired) electrons. The number of aryl methyl sites for hydroxylation is 1. The molecule has 0 atom stereocenters. The minimum atomic E-state index is -0.495. The lowest BCUT2D eigenvalue weighted by molar-refractivity contribution is -0.138. The lowest BCUT2D eigenvalue weighted by Gasteiger charge is -2.19. The van der Waals surface area contributed by atoms with Crippen LogP contribution in [0.25, 0.3) is 0 Å². The van der Waals surface area contributed by atoms with Crippen LogP contribution in [0, 0.1) is 6.92 Å². The molecule has 23 heavy (non-hydrogen) atoms. The van der Waals surface area contributed by atoms with Gasteiger partial charge in [-0.1, -0.05) is 0 Å². The van der Waals surface area contributed by atoms with Crippen LogP contribution in [0.4, 0.5) is 5.00 Å². The lowest BCUT2D eigenvalue weighted by atomic mass is 9.95. The van der Waals surface area contributed by atoms with Gasteiger partial charge in [-0.25, -0.2) is 9.79 Å². The van der Waals surface area contributed by atoms with Gasteiger partial charge in [0.15, 0.2) is 0 Å². The van der Waals surface area contributed by atoms with E-state index >= 15 is 0 Å². The van der Waals surface area contributed by atoms with Gasteiger partial charge in [0.1, 0.15) is 10.7 Å². The quantitative estimate of drug-likeness (QED) is 0.659. The fourth-order valence-electron chi connectivity index (χ4n) is 2.29. The molecule has 2 rings (SSSR count). The number of ether oxygens (including phenoxy) is 2. The maximum Gasteiger partial charge on any atom is 0.354 e. The first-order valence-electron chi connectivity index (χ1n) is 7.68. The zero-order valence-corrected chi connectivity index (χ0v) is 14.5. The van der Waals surface area contributed by atoms with Gasteiger partial charge in [-0.3, -0.25) is 0 Å². The molecular weight excluding hydrogens is 312 g/mol. The summed E-state index contributed by atoms with van der Waals surface area (Å²) in [4.78, 5) is 16.6. The highest BCUT2D eigenvalue weighted by Gasteiger charge is 2.22. The number of hydrogen-bond donors (Lipinski definition) is 1. The second kappa shape index (κ2) is 7.97. The Bertz CT molecular complexity index is 671. The first kappa shape index (κ1) is 17.3. The first-order chi connectivity index (χ1) is 11.0. The average molecular weight is 334 g/mol. The van der Waals surface area contributed by atoms with Crippen LogP contribution < -0.4 is 5.73 Å². The SMILES string of the molecule is CCOC(=O)/C(N)=C1\CCC(OCC)=C\C1=N/c1cc(C)cs1. The lowest BCUT2D eigenvalue weighted by Crippen LogP contribution is -2.22. The molecule has 1 aliphatic carbocycles. The highest BCUT2D eigenvalue weighted by molar-refractivity contribution is 7.14. The van der Waals surface area contributed by atoms with Crippen molar-refractivity contribution in [3.8, 4) is 0 Å². The number of esters is 1. The van der Waals surface area contributed by atoms with Crippen molar-refractivity contribution in [3.63, 3.8) is 0 Å². The van der Waals surface area contributed by atoms with Gasteiger partial charge in [-0.2, -0.15) is 0 Å². The zero-order valence-electron chi connectivity index (χ0n) is 13.7. The van der Waals surface area contributed by atoms with E-state index in [1.54, 1.807) is 18.3 Å². The van der Waals surface area contributed by atoms with Gasteiger partial charge in [0.25, 0.3) is 0 Å². The van der Waals surface area contributed by atoms with Crippen molar-refractivity contribution in [1.29, 1.82) is 0 Å². The van der Waals surface area contributed by atoms with Gasteiger partial charge >= 0.3 is 5.97 Å².